The second kappa shape index (κ2) is 4.27. The molecule has 5 nitrogen and oxygen atoms in total. The van der Waals surface area contributed by atoms with E-state index >= 15 is 0 Å². The molecule has 0 atom stereocenters. The van der Waals surface area contributed by atoms with Crippen LogP contribution in [0.2, 0.25) is 0 Å². The SMILES string of the molecule is CNC(=O)Oc1ccc(C(=O)O)cc1. The van der Waals surface area contributed by atoms with E-state index < -0.39 is 12.1 Å². The fourth-order valence-corrected chi connectivity index (χ4v) is 0.824. The molecule has 0 saturated carbocycles. The van der Waals surface area contributed by atoms with Crippen LogP contribution in [0.15, 0.2) is 24.3 Å². The molecular formula is C9H9NO4. The van der Waals surface area contributed by atoms with Crippen LogP contribution >= 0.6 is 0 Å². The summed E-state index contributed by atoms with van der Waals surface area (Å²) < 4.78 is 4.76. The van der Waals surface area contributed by atoms with Crippen LogP contribution in [0.3, 0.4) is 0 Å². The van der Waals surface area contributed by atoms with Gasteiger partial charge < -0.3 is 15.2 Å². The molecule has 74 valence electrons. The number of carbonyl (C=O) groups excluding carboxylic acids is 1. The highest BCUT2D eigenvalue weighted by molar-refractivity contribution is 5.87. The van der Waals surface area contributed by atoms with Gasteiger partial charge in [-0.1, -0.05) is 0 Å². The molecule has 0 unspecified atom stereocenters. The van der Waals surface area contributed by atoms with E-state index in [1.807, 2.05) is 0 Å². The van der Waals surface area contributed by atoms with Gasteiger partial charge in [0.05, 0.1) is 5.56 Å². The minimum atomic E-state index is -1.02. The van der Waals surface area contributed by atoms with Crippen LogP contribution in [0.25, 0.3) is 0 Å². The number of ether oxygens (including phenoxy) is 1. The van der Waals surface area contributed by atoms with E-state index in [-0.39, 0.29) is 5.56 Å². The van der Waals surface area contributed by atoms with Gasteiger partial charge in [0.25, 0.3) is 0 Å². The molecule has 0 aliphatic rings. The molecule has 0 heterocycles. The molecule has 1 aromatic rings. The Bertz CT molecular complexity index is 344. The topological polar surface area (TPSA) is 75.6 Å². The second-order valence-corrected chi connectivity index (χ2v) is 2.47. The fourth-order valence-electron chi connectivity index (χ4n) is 0.824. The van der Waals surface area contributed by atoms with Gasteiger partial charge in [-0.05, 0) is 24.3 Å². The van der Waals surface area contributed by atoms with Crippen LogP contribution in [0.4, 0.5) is 4.79 Å². The second-order valence-electron chi connectivity index (χ2n) is 2.47. The third-order valence-corrected chi connectivity index (χ3v) is 1.52. The van der Waals surface area contributed by atoms with E-state index in [9.17, 15) is 9.59 Å². The van der Waals surface area contributed by atoms with Crippen molar-refractivity contribution in [2.45, 2.75) is 0 Å². The summed E-state index contributed by atoms with van der Waals surface area (Å²) in [7, 11) is 1.44. The third-order valence-electron chi connectivity index (χ3n) is 1.52. The van der Waals surface area contributed by atoms with E-state index in [2.05, 4.69) is 5.32 Å². The van der Waals surface area contributed by atoms with E-state index in [0.29, 0.717) is 5.75 Å². The van der Waals surface area contributed by atoms with Crippen molar-refractivity contribution in [1.29, 1.82) is 0 Å². The van der Waals surface area contributed by atoms with Gasteiger partial charge in [0.15, 0.2) is 0 Å². The largest absolute Gasteiger partial charge is 0.478 e. The number of aromatic carboxylic acids is 1. The molecule has 2 N–H and O–H groups in total. The Kier molecular flexibility index (Phi) is 3.06. The van der Waals surface area contributed by atoms with Crippen molar-refractivity contribution in [1.82, 2.24) is 5.32 Å². The normalized spacial score (nSPS) is 9.21. The number of hydrogen-bond acceptors (Lipinski definition) is 3. The summed E-state index contributed by atoms with van der Waals surface area (Å²) in [5, 5.41) is 10.9. The van der Waals surface area contributed by atoms with Gasteiger partial charge >= 0.3 is 12.1 Å². The summed E-state index contributed by atoms with van der Waals surface area (Å²) >= 11 is 0. The van der Waals surface area contributed by atoms with Crippen molar-refractivity contribution in [2.24, 2.45) is 0 Å². The molecule has 0 bridgehead atoms. The van der Waals surface area contributed by atoms with Crippen molar-refractivity contribution in [3.8, 4) is 5.75 Å². The molecule has 0 aliphatic heterocycles. The Morgan fingerprint density at radius 3 is 2.29 bits per heavy atom. The van der Waals surface area contributed by atoms with Gasteiger partial charge in [0, 0.05) is 7.05 Å². The van der Waals surface area contributed by atoms with Crippen LogP contribution in [0, 0.1) is 0 Å². The van der Waals surface area contributed by atoms with Crippen molar-refractivity contribution in [3.63, 3.8) is 0 Å². The molecule has 14 heavy (non-hydrogen) atoms. The number of benzene rings is 1. The first-order chi connectivity index (χ1) is 6.63. The number of carbonyl (C=O) groups is 2. The van der Waals surface area contributed by atoms with E-state index in [1.165, 1.54) is 31.3 Å². The van der Waals surface area contributed by atoms with Crippen molar-refractivity contribution in [2.75, 3.05) is 7.05 Å². The molecule has 1 rings (SSSR count). The zero-order chi connectivity index (χ0) is 10.6. The quantitative estimate of drug-likeness (QED) is 0.740. The summed E-state index contributed by atoms with van der Waals surface area (Å²) in [5.74, 6) is -0.717. The monoisotopic (exact) mass is 195 g/mol. The van der Waals surface area contributed by atoms with Gasteiger partial charge in [-0.3, -0.25) is 0 Å². The van der Waals surface area contributed by atoms with Crippen molar-refractivity contribution < 1.29 is 19.4 Å². The first-order valence-electron chi connectivity index (χ1n) is 3.86. The number of rotatable bonds is 2. The number of nitrogens with one attached hydrogen (secondary N) is 1. The van der Waals surface area contributed by atoms with Gasteiger partial charge in [-0.25, -0.2) is 9.59 Å². The highest BCUT2D eigenvalue weighted by Gasteiger charge is 2.04. The van der Waals surface area contributed by atoms with Crippen molar-refractivity contribution in [3.05, 3.63) is 29.8 Å². The molecule has 0 radical (unpaired) electrons. The predicted octanol–water partition coefficient (Wildman–Crippen LogP) is 1.10. The van der Waals surface area contributed by atoms with Crippen LogP contribution in [0.5, 0.6) is 5.75 Å². The van der Waals surface area contributed by atoms with Crippen LogP contribution in [0.1, 0.15) is 10.4 Å². The first-order valence-corrected chi connectivity index (χ1v) is 3.86. The Labute approximate surface area is 80.3 Å². The molecule has 0 spiro atoms. The summed E-state index contributed by atoms with van der Waals surface area (Å²) in [6.45, 7) is 0. The maximum atomic E-state index is 10.8. The lowest BCUT2D eigenvalue weighted by Gasteiger charge is -2.02. The molecule has 0 saturated heterocycles. The maximum Gasteiger partial charge on any atom is 0.412 e. The molecule has 0 aliphatic carbocycles. The van der Waals surface area contributed by atoms with Crippen LogP contribution in [-0.2, 0) is 0 Å². The van der Waals surface area contributed by atoms with E-state index in [1.54, 1.807) is 0 Å². The Balaban J connectivity index is 2.73. The van der Waals surface area contributed by atoms with Gasteiger partial charge in [0.1, 0.15) is 5.75 Å². The average molecular weight is 195 g/mol. The summed E-state index contributed by atoms with van der Waals surface area (Å²) in [4.78, 5) is 21.2. The third kappa shape index (κ3) is 2.48. The Morgan fingerprint density at radius 1 is 1.29 bits per heavy atom. The summed E-state index contributed by atoms with van der Waals surface area (Å²) in [5.41, 5.74) is 0.147. The summed E-state index contributed by atoms with van der Waals surface area (Å²) in [6, 6.07) is 5.55. The summed E-state index contributed by atoms with van der Waals surface area (Å²) in [6.07, 6.45) is -0.590. The highest BCUT2D eigenvalue weighted by Crippen LogP contribution is 2.11. The van der Waals surface area contributed by atoms with Crippen molar-refractivity contribution >= 4 is 12.1 Å². The smallest absolute Gasteiger partial charge is 0.412 e. The van der Waals surface area contributed by atoms with Gasteiger partial charge in [-0.2, -0.15) is 0 Å². The molecule has 5 heteroatoms. The zero-order valence-electron chi connectivity index (χ0n) is 7.48. The molecule has 0 fully saturated rings. The van der Waals surface area contributed by atoms with Gasteiger partial charge in [-0.15, -0.1) is 0 Å². The fraction of sp³-hybridized carbons (Fsp3) is 0.111. The zero-order valence-corrected chi connectivity index (χ0v) is 7.48. The highest BCUT2D eigenvalue weighted by atomic mass is 16.5. The number of amides is 1. The van der Waals surface area contributed by atoms with E-state index in [4.69, 9.17) is 9.84 Å². The predicted molar refractivity (Wildman–Crippen MR) is 48.5 cm³/mol. The van der Waals surface area contributed by atoms with Crippen LogP contribution in [-0.4, -0.2) is 24.2 Å². The first kappa shape index (κ1) is 10.0. The minimum absolute atomic E-state index is 0.147. The van der Waals surface area contributed by atoms with Gasteiger partial charge in [0.2, 0.25) is 0 Å². The maximum absolute atomic E-state index is 10.8. The van der Waals surface area contributed by atoms with E-state index in [0.717, 1.165) is 0 Å². The Morgan fingerprint density at radius 2 is 1.86 bits per heavy atom. The molecule has 1 amide bonds. The average Bonchev–Trinajstić information content (AvgIpc) is 2.18. The number of hydrogen-bond donors (Lipinski definition) is 2. The number of carboxylic acid groups (broad SMARTS) is 1. The molecule has 1 aromatic carbocycles. The lowest BCUT2D eigenvalue weighted by atomic mass is 10.2. The molecule has 0 aromatic heterocycles. The standard InChI is InChI=1S/C9H9NO4/c1-10-9(13)14-7-4-2-6(3-5-7)8(11)12/h2-5H,1H3,(H,10,13)(H,11,12). The number of carboxylic acids is 1. The minimum Gasteiger partial charge on any atom is -0.478 e. The lowest BCUT2D eigenvalue weighted by Crippen LogP contribution is -2.21. The van der Waals surface area contributed by atoms with Crippen LogP contribution < -0.4 is 10.1 Å². The Hall–Kier alpha value is -2.04. The lowest BCUT2D eigenvalue weighted by molar-refractivity contribution is 0.0697. The molecular weight excluding hydrogens is 186 g/mol.